The van der Waals surface area contributed by atoms with Gasteiger partial charge in [0.1, 0.15) is 5.75 Å². The molecule has 0 aliphatic heterocycles. The third kappa shape index (κ3) is 6.86. The van der Waals surface area contributed by atoms with Crippen molar-refractivity contribution in [3.05, 3.63) is 53.1 Å². The number of hydrogen-bond acceptors (Lipinski definition) is 3. The highest BCUT2D eigenvalue weighted by molar-refractivity contribution is 6.90. The number of aromatic hydroxyl groups is 1. The van der Waals surface area contributed by atoms with Gasteiger partial charge in [0.25, 0.3) is 5.97 Å². The Morgan fingerprint density at radius 2 is 1.29 bits per heavy atom. The van der Waals surface area contributed by atoms with Crippen LogP contribution in [-0.2, 0) is 15.6 Å². The molecule has 0 aromatic heterocycles. The molecule has 0 bridgehead atoms. The molecule has 4 N–H and O–H groups in total. The molecule has 4 nitrogen and oxygen atoms in total. The highest BCUT2D eigenvalue weighted by atomic mass is 28.3. The van der Waals surface area contributed by atoms with Crippen LogP contribution in [0.2, 0.25) is 13.1 Å². The Morgan fingerprint density at radius 1 is 0.935 bits per heavy atom. The standard InChI is InChI=1S/C24H37NOSi.C2H4O2/c1-16(27(8,9)19-12-10-18(25)11-13-19)17-14-20(23(2,3)4)22(26)21(15-17)24(5,6)7;1-2(3)4/h10-16,26H,25H2,1-9H3;1H3,(H,3,4). The first-order chi connectivity index (χ1) is 13.9. The van der Waals surface area contributed by atoms with Gasteiger partial charge in [0.2, 0.25) is 0 Å². The number of anilines is 1. The summed E-state index contributed by atoms with van der Waals surface area (Å²) in [6, 6.07) is 12.9. The summed E-state index contributed by atoms with van der Waals surface area (Å²) in [5.74, 6) is -0.377. The summed E-state index contributed by atoms with van der Waals surface area (Å²) >= 11 is 0. The number of aliphatic carboxylic acids is 1. The van der Waals surface area contributed by atoms with Crippen molar-refractivity contribution >= 4 is 24.9 Å². The van der Waals surface area contributed by atoms with E-state index >= 15 is 0 Å². The Balaban J connectivity index is 0.00000110. The number of nitrogen functional groups attached to an aromatic ring is 1. The first-order valence-electron chi connectivity index (χ1n) is 10.8. The lowest BCUT2D eigenvalue weighted by Crippen LogP contribution is -2.46. The largest absolute Gasteiger partial charge is 0.507 e. The maximum atomic E-state index is 11.0. The van der Waals surface area contributed by atoms with E-state index in [1.807, 2.05) is 12.1 Å². The average molecular weight is 444 g/mol. The molecule has 0 fully saturated rings. The maximum absolute atomic E-state index is 11.0. The van der Waals surface area contributed by atoms with Gasteiger partial charge in [0.05, 0.1) is 8.07 Å². The van der Waals surface area contributed by atoms with Gasteiger partial charge in [-0.1, -0.05) is 91.0 Å². The third-order valence-corrected chi connectivity index (χ3v) is 10.3. The molecule has 2 aromatic rings. The molecule has 31 heavy (non-hydrogen) atoms. The zero-order valence-corrected chi connectivity index (χ0v) is 21.9. The quantitative estimate of drug-likeness (QED) is 0.406. The predicted molar refractivity (Wildman–Crippen MR) is 135 cm³/mol. The van der Waals surface area contributed by atoms with Gasteiger partial charge in [-0.3, -0.25) is 4.79 Å². The monoisotopic (exact) mass is 443 g/mol. The van der Waals surface area contributed by atoms with Crippen LogP contribution >= 0.6 is 0 Å². The van der Waals surface area contributed by atoms with E-state index < -0.39 is 14.0 Å². The van der Waals surface area contributed by atoms with Crippen LogP contribution in [0.3, 0.4) is 0 Å². The van der Waals surface area contributed by atoms with Crippen LogP contribution in [0.5, 0.6) is 5.75 Å². The molecule has 0 saturated carbocycles. The summed E-state index contributed by atoms with van der Waals surface area (Å²) in [5, 5.41) is 19.8. The number of benzene rings is 2. The Labute approximate surface area is 189 Å². The summed E-state index contributed by atoms with van der Waals surface area (Å²) in [5.41, 5.74) is 10.3. The maximum Gasteiger partial charge on any atom is 0.300 e. The molecule has 0 spiro atoms. The van der Waals surface area contributed by atoms with Gasteiger partial charge in [-0.15, -0.1) is 0 Å². The molecular weight excluding hydrogens is 402 g/mol. The minimum absolute atomic E-state index is 0.104. The first-order valence-corrected chi connectivity index (χ1v) is 13.9. The molecule has 0 aliphatic carbocycles. The zero-order chi connectivity index (χ0) is 24.4. The van der Waals surface area contributed by atoms with Crippen molar-refractivity contribution in [2.45, 2.75) is 84.9 Å². The van der Waals surface area contributed by atoms with Gasteiger partial charge in [-0.05, 0) is 45.2 Å². The number of carboxylic acid groups (broad SMARTS) is 1. The molecule has 0 saturated heterocycles. The van der Waals surface area contributed by atoms with Crippen molar-refractivity contribution < 1.29 is 15.0 Å². The molecule has 0 heterocycles. The van der Waals surface area contributed by atoms with E-state index in [-0.39, 0.29) is 10.8 Å². The minimum atomic E-state index is -1.77. The molecule has 0 aliphatic rings. The van der Waals surface area contributed by atoms with Gasteiger partial charge in [-0.25, -0.2) is 0 Å². The SMILES string of the molecule is CC(=O)O.CC(c1cc(C(C)(C)C)c(O)c(C(C)(C)C)c1)[Si](C)(C)c1ccc(N)cc1. The first kappa shape index (κ1) is 26.8. The van der Waals surface area contributed by atoms with Crippen LogP contribution in [0.1, 0.15) is 77.6 Å². The molecule has 0 amide bonds. The van der Waals surface area contributed by atoms with Crippen molar-refractivity contribution in [3.8, 4) is 5.75 Å². The van der Waals surface area contributed by atoms with E-state index in [2.05, 4.69) is 85.8 Å². The van der Waals surface area contributed by atoms with Crippen molar-refractivity contribution in [3.63, 3.8) is 0 Å². The smallest absolute Gasteiger partial charge is 0.300 e. The topological polar surface area (TPSA) is 83.5 Å². The number of rotatable bonds is 3. The van der Waals surface area contributed by atoms with E-state index in [4.69, 9.17) is 15.6 Å². The summed E-state index contributed by atoms with van der Waals surface area (Å²) in [7, 11) is -1.77. The number of phenolic OH excluding ortho intramolecular Hbond substituents is 1. The Morgan fingerprint density at radius 3 is 1.61 bits per heavy atom. The van der Waals surface area contributed by atoms with Crippen LogP contribution < -0.4 is 10.9 Å². The number of hydrogen-bond donors (Lipinski definition) is 3. The van der Waals surface area contributed by atoms with Crippen molar-refractivity contribution in [2.24, 2.45) is 0 Å². The summed E-state index contributed by atoms with van der Waals surface area (Å²) < 4.78 is 0. The number of carboxylic acids is 1. The second kappa shape index (κ2) is 9.47. The second-order valence-electron chi connectivity index (χ2n) is 11.0. The Hall–Kier alpha value is -2.27. The van der Waals surface area contributed by atoms with E-state index in [1.54, 1.807) is 0 Å². The van der Waals surface area contributed by atoms with Gasteiger partial charge in [0.15, 0.2) is 0 Å². The second-order valence-corrected chi connectivity index (χ2v) is 15.9. The Bertz CT molecular complexity index is 865. The lowest BCUT2D eigenvalue weighted by Gasteiger charge is -2.34. The fourth-order valence-corrected chi connectivity index (χ4v) is 6.16. The van der Waals surface area contributed by atoms with Crippen LogP contribution in [0.15, 0.2) is 36.4 Å². The summed E-state index contributed by atoms with van der Waals surface area (Å²) in [6.45, 7) is 21.3. The van der Waals surface area contributed by atoms with Gasteiger partial charge in [-0.2, -0.15) is 0 Å². The summed E-state index contributed by atoms with van der Waals surface area (Å²) in [6.07, 6.45) is 0. The molecule has 1 unspecified atom stereocenters. The number of carbonyl (C=O) groups is 1. The van der Waals surface area contributed by atoms with Crippen LogP contribution in [-0.4, -0.2) is 24.3 Å². The fraction of sp³-hybridized carbons (Fsp3) is 0.500. The molecular formula is C26H41NO3Si. The minimum Gasteiger partial charge on any atom is -0.507 e. The van der Waals surface area contributed by atoms with Crippen LogP contribution in [0, 0.1) is 0 Å². The van der Waals surface area contributed by atoms with E-state index in [1.165, 1.54) is 10.8 Å². The molecule has 172 valence electrons. The highest BCUT2D eigenvalue weighted by Crippen LogP contribution is 2.42. The van der Waals surface area contributed by atoms with Crippen LogP contribution in [0.4, 0.5) is 5.69 Å². The highest BCUT2D eigenvalue weighted by Gasteiger charge is 2.34. The molecule has 1 atom stereocenters. The summed E-state index contributed by atoms with van der Waals surface area (Å²) in [4.78, 5) is 9.00. The van der Waals surface area contributed by atoms with Gasteiger partial charge >= 0.3 is 0 Å². The van der Waals surface area contributed by atoms with Crippen molar-refractivity contribution in [1.29, 1.82) is 0 Å². The number of nitrogens with two attached hydrogens (primary N) is 1. The van der Waals surface area contributed by atoms with E-state index in [0.717, 1.165) is 23.7 Å². The van der Waals surface area contributed by atoms with Gasteiger partial charge in [0, 0.05) is 12.6 Å². The Kier molecular flexibility index (Phi) is 8.18. The normalized spacial score (nSPS) is 13.2. The molecule has 2 rings (SSSR count). The lowest BCUT2D eigenvalue weighted by molar-refractivity contribution is -0.134. The average Bonchev–Trinajstić information content (AvgIpc) is 2.59. The zero-order valence-electron chi connectivity index (χ0n) is 20.9. The molecule has 0 radical (unpaired) electrons. The fourth-order valence-electron chi connectivity index (χ4n) is 3.63. The molecule has 5 heteroatoms. The lowest BCUT2D eigenvalue weighted by atomic mass is 9.78. The number of phenols is 1. The van der Waals surface area contributed by atoms with Gasteiger partial charge < -0.3 is 15.9 Å². The third-order valence-electron chi connectivity index (χ3n) is 5.99. The van der Waals surface area contributed by atoms with Crippen LogP contribution in [0.25, 0.3) is 0 Å². The molecule has 2 aromatic carbocycles. The van der Waals surface area contributed by atoms with E-state index in [0.29, 0.717) is 11.3 Å². The van der Waals surface area contributed by atoms with Crippen molar-refractivity contribution in [2.75, 3.05) is 5.73 Å². The van der Waals surface area contributed by atoms with E-state index in [9.17, 15) is 5.11 Å². The van der Waals surface area contributed by atoms with Crippen molar-refractivity contribution in [1.82, 2.24) is 0 Å². The predicted octanol–water partition coefficient (Wildman–Crippen LogP) is 5.92.